The summed E-state index contributed by atoms with van der Waals surface area (Å²) in [4.78, 5) is 13.2. The van der Waals surface area contributed by atoms with E-state index in [-0.39, 0.29) is 23.3 Å². The fraction of sp³-hybridized carbons (Fsp3) is 0.955. The number of carbonyl (C=O) groups is 1. The molecular weight excluding hydrogens is 402 g/mol. The van der Waals surface area contributed by atoms with Crippen LogP contribution in [-0.2, 0) is 19.7 Å². The van der Waals surface area contributed by atoms with Gasteiger partial charge in [-0.05, 0) is 81.5 Å². The molecule has 0 aromatic rings. The normalized spacial score (nSPS) is 41.0. The SMILES string of the molecule is C[C@@H](NC(=O)[C@H]1CCCN(S(=O)(=O)N2CCOCC2)C1)C12CC3CC(CC(C3)C1)C2. The summed E-state index contributed by atoms with van der Waals surface area (Å²) in [7, 11) is -3.51. The molecule has 0 spiro atoms. The number of hydrogen-bond donors (Lipinski definition) is 1. The highest BCUT2D eigenvalue weighted by Crippen LogP contribution is 2.61. The lowest BCUT2D eigenvalue weighted by Crippen LogP contribution is -2.58. The van der Waals surface area contributed by atoms with E-state index in [1.165, 1.54) is 47.1 Å². The second-order valence-electron chi connectivity index (χ2n) is 10.7. The van der Waals surface area contributed by atoms with Gasteiger partial charge in [0.2, 0.25) is 5.91 Å². The molecule has 2 atom stereocenters. The van der Waals surface area contributed by atoms with Crippen LogP contribution in [0.1, 0.15) is 58.3 Å². The third kappa shape index (κ3) is 3.82. The Morgan fingerprint density at radius 1 is 1.00 bits per heavy atom. The lowest BCUT2D eigenvalue weighted by molar-refractivity contribution is -0.130. The van der Waals surface area contributed by atoms with Crippen LogP contribution in [0.3, 0.4) is 0 Å². The molecule has 170 valence electrons. The minimum Gasteiger partial charge on any atom is -0.379 e. The van der Waals surface area contributed by atoms with Crippen LogP contribution in [-0.4, -0.2) is 68.4 Å². The van der Waals surface area contributed by atoms with Gasteiger partial charge in [0.15, 0.2) is 0 Å². The molecule has 2 heterocycles. The van der Waals surface area contributed by atoms with Crippen LogP contribution < -0.4 is 5.32 Å². The van der Waals surface area contributed by atoms with Crippen LogP contribution in [0, 0.1) is 29.1 Å². The molecule has 6 aliphatic rings. The van der Waals surface area contributed by atoms with Crippen LogP contribution in [0.15, 0.2) is 0 Å². The third-order valence-electron chi connectivity index (χ3n) is 8.74. The summed E-state index contributed by atoms with van der Waals surface area (Å²) >= 11 is 0. The lowest BCUT2D eigenvalue weighted by Gasteiger charge is -2.59. The molecule has 2 saturated heterocycles. The van der Waals surface area contributed by atoms with Crippen molar-refractivity contribution in [3.8, 4) is 0 Å². The highest BCUT2D eigenvalue weighted by molar-refractivity contribution is 7.86. The minimum absolute atomic E-state index is 0.0557. The summed E-state index contributed by atoms with van der Waals surface area (Å²) in [6.45, 7) is 4.71. The van der Waals surface area contributed by atoms with E-state index in [0.29, 0.717) is 39.4 Å². The molecule has 6 fully saturated rings. The number of nitrogens with zero attached hydrogens (tertiary/aromatic N) is 2. The Kier molecular flexibility index (Phi) is 5.65. The molecule has 0 unspecified atom stereocenters. The van der Waals surface area contributed by atoms with Crippen molar-refractivity contribution >= 4 is 16.1 Å². The number of amides is 1. The van der Waals surface area contributed by atoms with Gasteiger partial charge in [-0.15, -0.1) is 0 Å². The Balaban J connectivity index is 1.22. The maximum Gasteiger partial charge on any atom is 0.282 e. The predicted molar refractivity (Wildman–Crippen MR) is 114 cm³/mol. The zero-order valence-electron chi connectivity index (χ0n) is 18.2. The smallest absolute Gasteiger partial charge is 0.282 e. The number of piperidine rings is 1. The van der Waals surface area contributed by atoms with Crippen LogP contribution >= 0.6 is 0 Å². The third-order valence-corrected chi connectivity index (χ3v) is 10.7. The van der Waals surface area contributed by atoms with E-state index in [1.54, 1.807) is 0 Å². The number of hydrogen-bond acceptors (Lipinski definition) is 4. The fourth-order valence-electron chi connectivity index (χ4n) is 7.50. The monoisotopic (exact) mass is 439 g/mol. The molecule has 2 aliphatic heterocycles. The number of morpholine rings is 1. The molecule has 8 heteroatoms. The molecule has 1 N–H and O–H groups in total. The average Bonchev–Trinajstić information content (AvgIpc) is 2.73. The van der Waals surface area contributed by atoms with E-state index < -0.39 is 10.2 Å². The number of nitrogens with one attached hydrogen (secondary N) is 1. The van der Waals surface area contributed by atoms with E-state index in [9.17, 15) is 13.2 Å². The summed E-state index contributed by atoms with van der Waals surface area (Å²) in [6.07, 6.45) is 9.51. The van der Waals surface area contributed by atoms with Crippen LogP contribution in [0.5, 0.6) is 0 Å². The Bertz CT molecular complexity index is 729. The largest absolute Gasteiger partial charge is 0.379 e. The zero-order chi connectivity index (χ0) is 20.9. The molecule has 6 rings (SSSR count). The Labute approximate surface area is 181 Å². The van der Waals surface area contributed by atoms with Crippen LogP contribution in [0.25, 0.3) is 0 Å². The molecule has 0 radical (unpaired) electrons. The second-order valence-corrected chi connectivity index (χ2v) is 12.7. The first-order valence-electron chi connectivity index (χ1n) is 12.0. The first-order valence-corrected chi connectivity index (χ1v) is 13.4. The molecule has 1 amide bonds. The molecular formula is C22H37N3O4S. The fourth-order valence-corrected chi connectivity index (χ4v) is 9.16. The van der Waals surface area contributed by atoms with Gasteiger partial charge in [0.1, 0.15) is 0 Å². The quantitative estimate of drug-likeness (QED) is 0.711. The predicted octanol–water partition coefficient (Wildman–Crippen LogP) is 2.00. The van der Waals surface area contributed by atoms with E-state index >= 15 is 0 Å². The van der Waals surface area contributed by atoms with Crippen molar-refractivity contribution in [2.24, 2.45) is 29.1 Å². The number of carbonyl (C=O) groups excluding carboxylic acids is 1. The summed E-state index contributed by atoms with van der Waals surface area (Å²) in [5.41, 5.74) is 0.276. The van der Waals surface area contributed by atoms with Gasteiger partial charge < -0.3 is 10.1 Å². The van der Waals surface area contributed by atoms with Gasteiger partial charge in [-0.3, -0.25) is 4.79 Å². The molecule has 30 heavy (non-hydrogen) atoms. The topological polar surface area (TPSA) is 79.0 Å². The van der Waals surface area contributed by atoms with Gasteiger partial charge in [0, 0.05) is 32.2 Å². The van der Waals surface area contributed by atoms with Crippen molar-refractivity contribution < 1.29 is 17.9 Å². The summed E-state index contributed by atoms with van der Waals surface area (Å²) in [5, 5.41) is 3.36. The molecule has 0 aromatic carbocycles. The minimum atomic E-state index is -3.51. The van der Waals surface area contributed by atoms with Gasteiger partial charge in [0.05, 0.1) is 19.1 Å². The summed E-state index contributed by atoms with van der Waals surface area (Å²) in [5.74, 6) is 2.39. The van der Waals surface area contributed by atoms with E-state index in [1.807, 2.05) is 0 Å². The Morgan fingerprint density at radius 3 is 2.20 bits per heavy atom. The van der Waals surface area contributed by atoms with Crippen molar-refractivity contribution in [1.29, 1.82) is 0 Å². The Morgan fingerprint density at radius 2 is 1.60 bits per heavy atom. The lowest BCUT2D eigenvalue weighted by atomic mass is 9.48. The van der Waals surface area contributed by atoms with Crippen LogP contribution in [0.2, 0.25) is 0 Å². The zero-order valence-corrected chi connectivity index (χ0v) is 19.0. The highest BCUT2D eigenvalue weighted by atomic mass is 32.2. The molecule has 4 bridgehead atoms. The van der Waals surface area contributed by atoms with E-state index in [2.05, 4.69) is 12.2 Å². The van der Waals surface area contributed by atoms with Crippen molar-refractivity contribution in [1.82, 2.24) is 13.9 Å². The van der Waals surface area contributed by atoms with E-state index in [0.717, 1.165) is 30.6 Å². The Hall–Kier alpha value is -0.700. The van der Waals surface area contributed by atoms with Gasteiger partial charge in [0.25, 0.3) is 10.2 Å². The highest BCUT2D eigenvalue weighted by Gasteiger charge is 2.53. The van der Waals surface area contributed by atoms with Crippen molar-refractivity contribution in [3.63, 3.8) is 0 Å². The first kappa shape index (κ1) is 21.2. The standard InChI is InChI=1S/C22H37N3O4S/c1-16(22-12-17-9-18(13-22)11-19(10-17)14-22)23-21(26)20-3-2-4-25(15-20)30(27,28)24-5-7-29-8-6-24/h16-20H,2-15H2,1H3,(H,23,26)/t16-,17?,18?,19?,20+,22?/m1/s1. The maximum absolute atomic E-state index is 13.2. The van der Waals surface area contributed by atoms with Gasteiger partial charge in [-0.25, -0.2) is 0 Å². The summed E-state index contributed by atoms with van der Waals surface area (Å²) < 4.78 is 34.4. The van der Waals surface area contributed by atoms with Gasteiger partial charge in [-0.2, -0.15) is 17.0 Å². The van der Waals surface area contributed by atoms with Crippen molar-refractivity contribution in [2.45, 2.75) is 64.3 Å². The number of ether oxygens (including phenoxy) is 1. The first-order chi connectivity index (χ1) is 14.4. The molecule has 7 nitrogen and oxygen atoms in total. The van der Waals surface area contributed by atoms with Crippen molar-refractivity contribution in [2.75, 3.05) is 39.4 Å². The molecule has 4 saturated carbocycles. The van der Waals surface area contributed by atoms with Crippen LogP contribution in [0.4, 0.5) is 0 Å². The van der Waals surface area contributed by atoms with Crippen molar-refractivity contribution in [3.05, 3.63) is 0 Å². The van der Waals surface area contributed by atoms with Gasteiger partial charge in [-0.1, -0.05) is 0 Å². The number of rotatable bonds is 5. The summed E-state index contributed by atoms with van der Waals surface area (Å²) in [6, 6.07) is 0.185. The molecule has 4 aliphatic carbocycles. The van der Waals surface area contributed by atoms with E-state index in [4.69, 9.17) is 4.74 Å². The van der Waals surface area contributed by atoms with Gasteiger partial charge >= 0.3 is 0 Å². The molecule has 0 aromatic heterocycles. The second kappa shape index (κ2) is 8.01. The maximum atomic E-state index is 13.2. The average molecular weight is 440 g/mol.